The number of hydrogen-bond acceptors (Lipinski definition) is 5. The molecule has 24 heavy (non-hydrogen) atoms. The number of benzene rings is 2. The molecule has 0 saturated carbocycles. The summed E-state index contributed by atoms with van der Waals surface area (Å²) in [7, 11) is 0. The highest BCUT2D eigenvalue weighted by Crippen LogP contribution is 2.36. The summed E-state index contributed by atoms with van der Waals surface area (Å²) in [6.45, 7) is 0. The van der Waals surface area contributed by atoms with E-state index in [2.05, 4.69) is 10.3 Å². The van der Waals surface area contributed by atoms with Crippen molar-refractivity contribution in [1.29, 1.82) is 0 Å². The number of Topliss-reactive ketones (excluding diaryl/α,β-unsaturated/α-hetero) is 1. The van der Waals surface area contributed by atoms with Crippen molar-refractivity contribution in [3.63, 3.8) is 0 Å². The number of nitrogens with zero attached hydrogens (tertiary/aromatic N) is 1. The Balaban J connectivity index is 1.90. The van der Waals surface area contributed by atoms with Crippen LogP contribution in [0.15, 0.2) is 48.7 Å². The van der Waals surface area contributed by atoms with E-state index in [1.807, 2.05) is 0 Å². The molecule has 1 aromatic heterocycles. The summed E-state index contributed by atoms with van der Waals surface area (Å²) in [5.41, 5.74) is 0.670. The lowest BCUT2D eigenvalue weighted by atomic mass is 10.1. The van der Waals surface area contributed by atoms with Crippen LogP contribution in [0.3, 0.4) is 0 Å². The van der Waals surface area contributed by atoms with Crippen molar-refractivity contribution in [3.05, 3.63) is 64.3 Å². The Labute approximate surface area is 147 Å². The molecule has 0 saturated heterocycles. The molecule has 122 valence electrons. The second-order valence-electron chi connectivity index (χ2n) is 5.07. The van der Waals surface area contributed by atoms with Gasteiger partial charge >= 0.3 is 0 Å². The smallest absolute Gasteiger partial charge is 0.211 e. The Morgan fingerprint density at radius 1 is 1.17 bits per heavy atom. The van der Waals surface area contributed by atoms with Crippen molar-refractivity contribution in [2.24, 2.45) is 0 Å². The third-order valence-corrected chi connectivity index (χ3v) is 4.05. The van der Waals surface area contributed by atoms with Crippen LogP contribution >= 0.6 is 23.2 Å². The van der Waals surface area contributed by atoms with Gasteiger partial charge in [-0.05, 0) is 42.5 Å². The van der Waals surface area contributed by atoms with E-state index in [1.165, 1.54) is 24.4 Å². The predicted molar refractivity (Wildman–Crippen MR) is 93.8 cm³/mol. The highest BCUT2D eigenvalue weighted by molar-refractivity contribution is 6.36. The molecule has 5 nitrogen and oxygen atoms in total. The summed E-state index contributed by atoms with van der Waals surface area (Å²) in [4.78, 5) is 16.3. The molecule has 7 heteroatoms. The molecule has 0 radical (unpaired) electrons. The second kappa shape index (κ2) is 6.65. The van der Waals surface area contributed by atoms with Gasteiger partial charge in [0.1, 0.15) is 5.52 Å². The number of carbonyl (C=O) groups excluding carboxylic acids is 1. The van der Waals surface area contributed by atoms with Gasteiger partial charge < -0.3 is 15.5 Å². The molecule has 0 bridgehead atoms. The zero-order valence-corrected chi connectivity index (χ0v) is 13.7. The summed E-state index contributed by atoms with van der Waals surface area (Å²) < 4.78 is 0. The average Bonchev–Trinajstić information content (AvgIpc) is 2.59. The van der Waals surface area contributed by atoms with Crippen LogP contribution < -0.4 is 5.32 Å². The minimum absolute atomic E-state index is 0.112. The van der Waals surface area contributed by atoms with E-state index in [0.717, 1.165) is 0 Å². The molecular weight excluding hydrogens is 351 g/mol. The van der Waals surface area contributed by atoms with Gasteiger partial charge in [-0.15, -0.1) is 0 Å². The molecular formula is C17H12Cl2N2O3. The number of phenols is 1. The number of aromatic hydroxyl groups is 1. The van der Waals surface area contributed by atoms with Crippen molar-refractivity contribution in [2.75, 3.05) is 5.32 Å². The third-order valence-electron chi connectivity index (χ3n) is 3.48. The second-order valence-corrected chi connectivity index (χ2v) is 5.92. The number of aliphatic hydroxyl groups is 1. The van der Waals surface area contributed by atoms with Crippen LogP contribution in [0.25, 0.3) is 10.9 Å². The van der Waals surface area contributed by atoms with Gasteiger partial charge in [0, 0.05) is 22.2 Å². The minimum atomic E-state index is -1.56. The van der Waals surface area contributed by atoms with E-state index in [1.54, 1.807) is 24.3 Å². The van der Waals surface area contributed by atoms with Crippen LogP contribution in [0.5, 0.6) is 5.75 Å². The minimum Gasteiger partial charge on any atom is -0.504 e. The average molecular weight is 363 g/mol. The first-order valence-corrected chi connectivity index (χ1v) is 7.73. The fourth-order valence-corrected chi connectivity index (χ4v) is 2.67. The Bertz CT molecular complexity index is 914. The molecule has 1 unspecified atom stereocenters. The number of phenolic OH excluding ortho intramolecular Hbond substituents is 1. The van der Waals surface area contributed by atoms with E-state index in [4.69, 9.17) is 23.2 Å². The summed E-state index contributed by atoms with van der Waals surface area (Å²) in [5, 5.41) is 24.3. The number of fused-ring (bicyclic) bond motifs is 1. The maximum atomic E-state index is 12.2. The number of halogens is 2. The molecule has 3 N–H and O–H groups in total. The monoisotopic (exact) mass is 362 g/mol. The predicted octanol–water partition coefficient (Wildman–Crippen LogP) is 3.86. The summed E-state index contributed by atoms with van der Waals surface area (Å²) >= 11 is 11.9. The van der Waals surface area contributed by atoms with Crippen LogP contribution in [-0.2, 0) is 0 Å². The van der Waals surface area contributed by atoms with Gasteiger partial charge in [0.25, 0.3) is 0 Å². The molecule has 0 amide bonds. The first kappa shape index (κ1) is 16.5. The van der Waals surface area contributed by atoms with Crippen LogP contribution in [0.1, 0.15) is 10.4 Å². The molecule has 0 fully saturated rings. The maximum absolute atomic E-state index is 12.2. The lowest BCUT2D eigenvalue weighted by Gasteiger charge is -2.16. The molecule has 0 aliphatic carbocycles. The Morgan fingerprint density at radius 2 is 1.88 bits per heavy atom. The van der Waals surface area contributed by atoms with E-state index < -0.39 is 12.0 Å². The van der Waals surface area contributed by atoms with E-state index in [0.29, 0.717) is 15.4 Å². The first-order valence-electron chi connectivity index (χ1n) is 6.98. The molecule has 1 heterocycles. The molecule has 3 rings (SSSR count). The normalized spacial score (nSPS) is 12.1. The van der Waals surface area contributed by atoms with E-state index in [-0.39, 0.29) is 22.5 Å². The zero-order chi connectivity index (χ0) is 17.3. The van der Waals surface area contributed by atoms with Gasteiger partial charge in [-0.3, -0.25) is 9.78 Å². The number of ketones is 1. The van der Waals surface area contributed by atoms with E-state index >= 15 is 0 Å². The van der Waals surface area contributed by atoms with Crippen LogP contribution in [-0.4, -0.2) is 27.2 Å². The number of aromatic nitrogens is 1. The van der Waals surface area contributed by atoms with Crippen molar-refractivity contribution in [1.82, 2.24) is 4.98 Å². The number of carbonyl (C=O) groups is 1. The quantitative estimate of drug-likeness (QED) is 0.373. The van der Waals surface area contributed by atoms with E-state index in [9.17, 15) is 15.0 Å². The number of pyridine rings is 1. The fourth-order valence-electron chi connectivity index (χ4n) is 2.28. The molecule has 2 aromatic carbocycles. The number of rotatable bonds is 4. The van der Waals surface area contributed by atoms with Gasteiger partial charge in [0.2, 0.25) is 5.78 Å². The topological polar surface area (TPSA) is 82.5 Å². The van der Waals surface area contributed by atoms with Gasteiger partial charge in [0.15, 0.2) is 12.0 Å². The van der Waals surface area contributed by atoms with Gasteiger partial charge in [0.05, 0.1) is 10.7 Å². The number of anilines is 1. The number of aliphatic hydroxyl groups excluding tert-OH is 1. The summed E-state index contributed by atoms with van der Waals surface area (Å²) in [6.07, 6.45) is -0.0495. The van der Waals surface area contributed by atoms with Crippen molar-refractivity contribution >= 4 is 45.6 Å². The highest BCUT2D eigenvalue weighted by Gasteiger charge is 2.20. The lowest BCUT2D eigenvalue weighted by Crippen LogP contribution is -2.29. The molecule has 3 aromatic rings. The molecule has 0 aliphatic heterocycles. The van der Waals surface area contributed by atoms with Gasteiger partial charge in [-0.25, -0.2) is 0 Å². The molecule has 0 spiro atoms. The summed E-state index contributed by atoms with van der Waals surface area (Å²) in [5.74, 6) is -0.763. The van der Waals surface area contributed by atoms with Gasteiger partial charge in [-0.2, -0.15) is 0 Å². The largest absolute Gasteiger partial charge is 0.504 e. The maximum Gasteiger partial charge on any atom is 0.211 e. The van der Waals surface area contributed by atoms with Crippen LogP contribution in [0.4, 0.5) is 5.69 Å². The van der Waals surface area contributed by atoms with Crippen molar-refractivity contribution < 1.29 is 15.0 Å². The molecule has 1 atom stereocenters. The number of nitrogens with one attached hydrogen (secondary N) is 1. The Kier molecular flexibility index (Phi) is 4.57. The SMILES string of the molecule is O=C(c1ccc(Cl)cc1)C(O)Nc1cc(Cl)c2cccnc2c1O. The first-order chi connectivity index (χ1) is 11.5. The standard InChI is InChI=1S/C17H12Cl2N2O3/c18-10-5-3-9(4-6-10)15(22)17(24)21-13-8-12(19)11-2-1-7-20-14(11)16(13)23/h1-8,17,21,23-24H. The number of hydrogen-bond donors (Lipinski definition) is 3. The van der Waals surface area contributed by atoms with Crippen molar-refractivity contribution in [3.8, 4) is 5.75 Å². The Hall–Kier alpha value is -2.34. The lowest BCUT2D eigenvalue weighted by molar-refractivity contribution is 0.0793. The van der Waals surface area contributed by atoms with Crippen molar-refractivity contribution in [2.45, 2.75) is 6.23 Å². The zero-order valence-electron chi connectivity index (χ0n) is 12.2. The Morgan fingerprint density at radius 3 is 2.58 bits per heavy atom. The highest BCUT2D eigenvalue weighted by atomic mass is 35.5. The fraction of sp³-hybridized carbons (Fsp3) is 0.0588. The van der Waals surface area contributed by atoms with Crippen LogP contribution in [0.2, 0.25) is 10.0 Å². The summed E-state index contributed by atoms with van der Waals surface area (Å²) in [6, 6.07) is 10.9. The molecule has 0 aliphatic rings. The van der Waals surface area contributed by atoms with Gasteiger partial charge in [-0.1, -0.05) is 23.2 Å². The third kappa shape index (κ3) is 3.14. The van der Waals surface area contributed by atoms with Crippen LogP contribution in [0, 0.1) is 0 Å².